The van der Waals surface area contributed by atoms with Crippen molar-refractivity contribution in [3.63, 3.8) is 0 Å². The fraction of sp³-hybridized carbons (Fsp3) is 0.273. The van der Waals surface area contributed by atoms with Crippen molar-refractivity contribution in [2.24, 2.45) is 0 Å². The zero-order chi connectivity index (χ0) is 12.3. The minimum Gasteiger partial charge on any atom is -0.375 e. The third-order valence-electron chi connectivity index (χ3n) is 2.42. The van der Waals surface area contributed by atoms with E-state index in [9.17, 15) is 4.79 Å². The predicted molar refractivity (Wildman–Crippen MR) is 62.7 cm³/mol. The van der Waals surface area contributed by atoms with Crippen molar-refractivity contribution in [2.75, 3.05) is 5.32 Å². The lowest BCUT2D eigenvalue weighted by molar-refractivity contribution is 0.101. The van der Waals surface area contributed by atoms with Gasteiger partial charge in [-0.3, -0.25) is 4.79 Å². The summed E-state index contributed by atoms with van der Waals surface area (Å²) in [5.41, 5.74) is 1.61. The number of nitrogens with zero attached hydrogens (tertiary/aromatic N) is 3. The number of hydrogen-bond donors (Lipinski definition) is 2. The van der Waals surface area contributed by atoms with Gasteiger partial charge in [-0.05, 0) is 38.1 Å². The van der Waals surface area contributed by atoms with E-state index in [1.165, 1.54) is 0 Å². The van der Waals surface area contributed by atoms with Gasteiger partial charge >= 0.3 is 0 Å². The van der Waals surface area contributed by atoms with Gasteiger partial charge in [0, 0.05) is 11.3 Å². The van der Waals surface area contributed by atoms with Gasteiger partial charge < -0.3 is 5.32 Å². The Morgan fingerprint density at radius 2 is 2.06 bits per heavy atom. The Balaban J connectivity index is 2.06. The third kappa shape index (κ3) is 2.66. The lowest BCUT2D eigenvalue weighted by atomic mass is 10.1. The standard InChI is InChI=1S/C11H13N5O/c1-7(11-13-15-16-14-11)12-10-5-3-9(4-6-10)8(2)17/h3-7,12H,1-2H3,(H,13,14,15,16). The SMILES string of the molecule is CC(=O)c1ccc(NC(C)c2nn[nH]n2)cc1. The van der Waals surface area contributed by atoms with E-state index in [2.05, 4.69) is 25.9 Å². The summed E-state index contributed by atoms with van der Waals surface area (Å²) >= 11 is 0. The van der Waals surface area contributed by atoms with Crippen molar-refractivity contribution in [1.82, 2.24) is 20.6 Å². The first-order valence-electron chi connectivity index (χ1n) is 5.27. The second-order valence-electron chi connectivity index (χ2n) is 3.77. The Kier molecular flexibility index (Phi) is 3.13. The minimum absolute atomic E-state index is 0.0445. The van der Waals surface area contributed by atoms with Gasteiger partial charge in [-0.2, -0.15) is 5.21 Å². The number of Topliss-reactive ketones (excluding diaryl/α,β-unsaturated/α-hetero) is 1. The molecule has 2 aromatic rings. The monoisotopic (exact) mass is 231 g/mol. The highest BCUT2D eigenvalue weighted by atomic mass is 16.1. The molecule has 0 aliphatic rings. The number of aromatic nitrogens is 4. The second-order valence-corrected chi connectivity index (χ2v) is 3.77. The topological polar surface area (TPSA) is 83.6 Å². The maximum atomic E-state index is 11.1. The molecular formula is C11H13N5O. The molecule has 1 heterocycles. The molecule has 0 bridgehead atoms. The van der Waals surface area contributed by atoms with Gasteiger partial charge in [0.05, 0.1) is 6.04 Å². The number of hydrogen-bond acceptors (Lipinski definition) is 5. The van der Waals surface area contributed by atoms with Crippen molar-refractivity contribution >= 4 is 11.5 Å². The van der Waals surface area contributed by atoms with Crippen molar-refractivity contribution < 1.29 is 4.79 Å². The van der Waals surface area contributed by atoms with E-state index in [0.717, 1.165) is 5.69 Å². The van der Waals surface area contributed by atoms with Gasteiger partial charge in [0.2, 0.25) is 0 Å². The van der Waals surface area contributed by atoms with E-state index in [4.69, 9.17) is 0 Å². The van der Waals surface area contributed by atoms with E-state index >= 15 is 0 Å². The molecule has 1 aromatic heterocycles. The smallest absolute Gasteiger partial charge is 0.196 e. The van der Waals surface area contributed by atoms with Gasteiger partial charge in [0.25, 0.3) is 0 Å². The third-order valence-corrected chi connectivity index (χ3v) is 2.42. The Morgan fingerprint density at radius 1 is 1.35 bits per heavy atom. The number of ketones is 1. The molecule has 1 unspecified atom stereocenters. The highest BCUT2D eigenvalue weighted by molar-refractivity contribution is 5.94. The van der Waals surface area contributed by atoms with Crippen LogP contribution in [-0.2, 0) is 0 Å². The largest absolute Gasteiger partial charge is 0.375 e. The first-order chi connectivity index (χ1) is 8.16. The van der Waals surface area contributed by atoms with Crippen LogP contribution in [0, 0.1) is 0 Å². The summed E-state index contributed by atoms with van der Waals surface area (Å²) in [6.07, 6.45) is 0. The average Bonchev–Trinajstić information content (AvgIpc) is 2.83. The van der Waals surface area contributed by atoms with Gasteiger partial charge in [0.1, 0.15) is 0 Å². The molecule has 17 heavy (non-hydrogen) atoms. The van der Waals surface area contributed by atoms with Crippen LogP contribution in [0.3, 0.4) is 0 Å². The Bertz CT molecular complexity index is 491. The molecule has 0 spiro atoms. The van der Waals surface area contributed by atoms with Crippen LogP contribution in [0.15, 0.2) is 24.3 Å². The summed E-state index contributed by atoms with van der Waals surface area (Å²) in [6.45, 7) is 3.48. The molecule has 2 N–H and O–H groups in total. The highest BCUT2D eigenvalue weighted by Crippen LogP contribution is 2.16. The summed E-state index contributed by atoms with van der Waals surface area (Å²) in [6, 6.07) is 7.24. The Hall–Kier alpha value is -2.24. The molecule has 0 aliphatic carbocycles. The van der Waals surface area contributed by atoms with Crippen LogP contribution in [0.2, 0.25) is 0 Å². The van der Waals surface area contributed by atoms with E-state index in [0.29, 0.717) is 11.4 Å². The first kappa shape index (κ1) is 11.3. The molecule has 1 aromatic carbocycles. The lowest BCUT2D eigenvalue weighted by Crippen LogP contribution is -2.08. The van der Waals surface area contributed by atoms with Gasteiger partial charge in [-0.25, -0.2) is 0 Å². The van der Waals surface area contributed by atoms with E-state index in [1.807, 2.05) is 19.1 Å². The number of carbonyl (C=O) groups excluding carboxylic acids is 1. The lowest BCUT2D eigenvalue weighted by Gasteiger charge is -2.11. The minimum atomic E-state index is -0.0445. The fourth-order valence-corrected chi connectivity index (χ4v) is 1.47. The van der Waals surface area contributed by atoms with Crippen LogP contribution in [0.5, 0.6) is 0 Å². The van der Waals surface area contributed by atoms with E-state index in [1.54, 1.807) is 19.1 Å². The molecule has 0 saturated heterocycles. The molecule has 6 nitrogen and oxygen atoms in total. The first-order valence-corrected chi connectivity index (χ1v) is 5.27. The number of benzene rings is 1. The van der Waals surface area contributed by atoms with Crippen LogP contribution in [0.25, 0.3) is 0 Å². The van der Waals surface area contributed by atoms with Crippen LogP contribution >= 0.6 is 0 Å². The van der Waals surface area contributed by atoms with Crippen LogP contribution < -0.4 is 5.32 Å². The number of H-pyrrole nitrogens is 1. The second kappa shape index (κ2) is 4.73. The van der Waals surface area contributed by atoms with E-state index in [-0.39, 0.29) is 11.8 Å². The van der Waals surface area contributed by atoms with Crippen molar-refractivity contribution in [3.05, 3.63) is 35.7 Å². The molecule has 6 heteroatoms. The molecule has 0 radical (unpaired) electrons. The summed E-state index contributed by atoms with van der Waals surface area (Å²) in [4.78, 5) is 11.1. The molecule has 0 amide bonds. The van der Waals surface area contributed by atoms with Crippen molar-refractivity contribution in [3.8, 4) is 0 Å². The molecular weight excluding hydrogens is 218 g/mol. The molecule has 88 valence electrons. The summed E-state index contributed by atoms with van der Waals surface area (Å²) in [5, 5.41) is 16.9. The Morgan fingerprint density at radius 3 is 2.59 bits per heavy atom. The molecule has 0 fully saturated rings. The van der Waals surface area contributed by atoms with Gasteiger partial charge in [0.15, 0.2) is 11.6 Å². The van der Waals surface area contributed by atoms with Crippen molar-refractivity contribution in [1.29, 1.82) is 0 Å². The molecule has 0 saturated carbocycles. The van der Waals surface area contributed by atoms with Gasteiger partial charge in [-0.15, -0.1) is 10.2 Å². The fourth-order valence-electron chi connectivity index (χ4n) is 1.47. The number of tetrazole rings is 1. The van der Waals surface area contributed by atoms with Crippen LogP contribution in [-0.4, -0.2) is 26.4 Å². The number of anilines is 1. The van der Waals surface area contributed by atoms with Gasteiger partial charge in [-0.1, -0.05) is 5.21 Å². The summed E-state index contributed by atoms with van der Waals surface area (Å²) in [5.74, 6) is 0.656. The molecule has 0 aliphatic heterocycles. The average molecular weight is 231 g/mol. The quantitative estimate of drug-likeness (QED) is 0.780. The maximum Gasteiger partial charge on any atom is 0.196 e. The summed E-state index contributed by atoms with van der Waals surface area (Å²) in [7, 11) is 0. The van der Waals surface area contributed by atoms with E-state index < -0.39 is 0 Å². The normalized spacial score (nSPS) is 12.1. The van der Waals surface area contributed by atoms with Crippen LogP contribution in [0.1, 0.15) is 36.1 Å². The zero-order valence-electron chi connectivity index (χ0n) is 9.64. The Labute approximate surface area is 98.4 Å². The summed E-state index contributed by atoms with van der Waals surface area (Å²) < 4.78 is 0. The van der Waals surface area contributed by atoms with Crippen molar-refractivity contribution in [2.45, 2.75) is 19.9 Å². The van der Waals surface area contributed by atoms with Crippen LogP contribution in [0.4, 0.5) is 5.69 Å². The number of rotatable bonds is 4. The maximum absolute atomic E-state index is 11.1. The predicted octanol–water partition coefficient (Wildman–Crippen LogP) is 1.58. The molecule has 1 atom stereocenters. The zero-order valence-corrected chi connectivity index (χ0v) is 9.64. The number of aromatic amines is 1. The number of nitrogens with one attached hydrogen (secondary N) is 2. The molecule has 2 rings (SSSR count). The highest BCUT2D eigenvalue weighted by Gasteiger charge is 2.09. The number of carbonyl (C=O) groups is 1.